The molecule has 0 bridgehead atoms. The van der Waals surface area contributed by atoms with Crippen LogP contribution in [-0.2, 0) is 6.42 Å². The third-order valence-corrected chi connectivity index (χ3v) is 5.59. The smallest absolute Gasteiger partial charge is 0.127 e. The number of thiophene rings is 1. The van der Waals surface area contributed by atoms with Crippen molar-refractivity contribution in [3.05, 3.63) is 55.9 Å². The average molecular weight is 378 g/mol. The standard InChI is InChI=1S/C13H11Br2FS/c1-2-9-4-6-12(17-9)13(15)10-7-8(14)3-5-11(10)16/h3-7,13H,2H2,1H3. The lowest BCUT2D eigenvalue weighted by atomic mass is 10.1. The van der Waals surface area contributed by atoms with Crippen LogP contribution in [0.2, 0.25) is 0 Å². The first-order chi connectivity index (χ1) is 8.11. The quantitative estimate of drug-likeness (QED) is 0.602. The Morgan fingerprint density at radius 2 is 2.06 bits per heavy atom. The van der Waals surface area contributed by atoms with Crippen molar-refractivity contribution in [2.45, 2.75) is 18.2 Å². The highest BCUT2D eigenvalue weighted by Crippen LogP contribution is 2.37. The summed E-state index contributed by atoms with van der Waals surface area (Å²) in [6.45, 7) is 2.12. The maximum atomic E-state index is 13.7. The fourth-order valence-electron chi connectivity index (χ4n) is 1.58. The van der Waals surface area contributed by atoms with Crippen molar-refractivity contribution in [3.63, 3.8) is 0 Å². The van der Waals surface area contributed by atoms with Crippen molar-refractivity contribution < 1.29 is 4.39 Å². The molecule has 0 saturated heterocycles. The first-order valence-corrected chi connectivity index (χ1v) is 7.82. The van der Waals surface area contributed by atoms with Gasteiger partial charge in [-0.2, -0.15) is 0 Å². The van der Waals surface area contributed by atoms with E-state index in [0.717, 1.165) is 15.8 Å². The van der Waals surface area contributed by atoms with Crippen molar-refractivity contribution in [2.75, 3.05) is 0 Å². The van der Waals surface area contributed by atoms with Gasteiger partial charge < -0.3 is 0 Å². The third kappa shape index (κ3) is 2.98. The first-order valence-electron chi connectivity index (χ1n) is 5.29. The van der Waals surface area contributed by atoms with Gasteiger partial charge in [-0.15, -0.1) is 11.3 Å². The van der Waals surface area contributed by atoms with Crippen molar-refractivity contribution >= 4 is 43.2 Å². The van der Waals surface area contributed by atoms with Gasteiger partial charge in [-0.05, 0) is 36.8 Å². The molecule has 17 heavy (non-hydrogen) atoms. The third-order valence-electron chi connectivity index (χ3n) is 2.51. The summed E-state index contributed by atoms with van der Waals surface area (Å²) in [7, 11) is 0. The van der Waals surface area contributed by atoms with E-state index in [1.165, 1.54) is 10.9 Å². The molecule has 1 atom stereocenters. The Kier molecular flexibility index (Phi) is 4.39. The normalized spacial score (nSPS) is 12.7. The van der Waals surface area contributed by atoms with Crippen LogP contribution in [0.4, 0.5) is 4.39 Å². The summed E-state index contributed by atoms with van der Waals surface area (Å²) in [6, 6.07) is 9.18. The van der Waals surface area contributed by atoms with Crippen molar-refractivity contribution in [3.8, 4) is 0 Å². The van der Waals surface area contributed by atoms with Crippen LogP contribution >= 0.6 is 43.2 Å². The number of aryl methyl sites for hydroxylation is 1. The van der Waals surface area contributed by atoms with Gasteiger partial charge in [0.15, 0.2) is 0 Å². The molecule has 0 aliphatic rings. The highest BCUT2D eigenvalue weighted by atomic mass is 79.9. The summed E-state index contributed by atoms with van der Waals surface area (Å²) in [5.41, 5.74) is 0.670. The molecule has 4 heteroatoms. The van der Waals surface area contributed by atoms with Gasteiger partial charge in [-0.25, -0.2) is 4.39 Å². The molecule has 0 saturated carbocycles. The molecule has 1 aromatic heterocycles. The van der Waals surface area contributed by atoms with E-state index >= 15 is 0 Å². The number of halogens is 3. The minimum absolute atomic E-state index is 0.0784. The van der Waals surface area contributed by atoms with Crippen molar-refractivity contribution in [1.29, 1.82) is 0 Å². The van der Waals surface area contributed by atoms with Crippen LogP contribution < -0.4 is 0 Å². The molecule has 2 rings (SSSR count). The topological polar surface area (TPSA) is 0 Å². The first kappa shape index (κ1) is 13.2. The molecule has 0 fully saturated rings. The summed E-state index contributed by atoms with van der Waals surface area (Å²) in [5.74, 6) is -0.179. The van der Waals surface area contributed by atoms with E-state index < -0.39 is 0 Å². The summed E-state index contributed by atoms with van der Waals surface area (Å²) in [6.07, 6.45) is 1.02. The van der Waals surface area contributed by atoms with Crippen LogP contribution in [0.1, 0.15) is 27.1 Å². The van der Waals surface area contributed by atoms with E-state index in [4.69, 9.17) is 0 Å². The molecule has 0 N–H and O–H groups in total. The van der Waals surface area contributed by atoms with Crippen LogP contribution in [0.5, 0.6) is 0 Å². The Hall–Kier alpha value is -0.190. The van der Waals surface area contributed by atoms with Gasteiger partial charge in [0, 0.05) is 19.8 Å². The predicted octanol–water partition coefficient (Wildman–Crippen LogP) is 5.70. The molecule has 0 amide bonds. The molecule has 1 unspecified atom stereocenters. The minimum Gasteiger partial charge on any atom is -0.207 e. The van der Waals surface area contributed by atoms with Crippen molar-refractivity contribution in [2.24, 2.45) is 0 Å². The Balaban J connectivity index is 2.35. The molecule has 1 heterocycles. The summed E-state index contributed by atoms with van der Waals surface area (Å²) in [4.78, 5) is 2.38. The molecular weight excluding hydrogens is 367 g/mol. The second kappa shape index (κ2) is 5.63. The number of rotatable bonds is 3. The van der Waals surface area contributed by atoms with Gasteiger partial charge in [0.1, 0.15) is 5.82 Å². The summed E-state index contributed by atoms with van der Waals surface area (Å²) < 4.78 is 14.6. The number of hydrogen-bond acceptors (Lipinski definition) is 1. The van der Waals surface area contributed by atoms with Gasteiger partial charge in [-0.3, -0.25) is 0 Å². The van der Waals surface area contributed by atoms with Crippen LogP contribution in [0, 0.1) is 5.82 Å². The van der Waals surface area contributed by atoms with E-state index in [9.17, 15) is 4.39 Å². The molecule has 0 spiro atoms. The molecule has 0 radical (unpaired) electrons. The van der Waals surface area contributed by atoms with Gasteiger partial charge in [0.05, 0.1) is 4.83 Å². The number of hydrogen-bond donors (Lipinski definition) is 0. The zero-order chi connectivity index (χ0) is 12.4. The van der Waals surface area contributed by atoms with Crippen LogP contribution in [-0.4, -0.2) is 0 Å². The molecule has 2 aromatic rings. The van der Waals surface area contributed by atoms with E-state index in [0.29, 0.717) is 5.56 Å². The highest BCUT2D eigenvalue weighted by molar-refractivity contribution is 9.10. The molecular formula is C13H11Br2FS. The fraction of sp³-hybridized carbons (Fsp3) is 0.231. The lowest BCUT2D eigenvalue weighted by Gasteiger charge is -2.09. The van der Waals surface area contributed by atoms with Gasteiger partial charge in [0.2, 0.25) is 0 Å². The molecule has 0 nitrogen and oxygen atoms in total. The lowest BCUT2D eigenvalue weighted by molar-refractivity contribution is 0.613. The Morgan fingerprint density at radius 1 is 1.29 bits per heavy atom. The van der Waals surface area contributed by atoms with E-state index in [1.54, 1.807) is 17.4 Å². The predicted molar refractivity (Wildman–Crippen MR) is 78.6 cm³/mol. The van der Waals surface area contributed by atoms with Crippen LogP contribution in [0.25, 0.3) is 0 Å². The number of benzene rings is 1. The highest BCUT2D eigenvalue weighted by Gasteiger charge is 2.16. The van der Waals surface area contributed by atoms with Gasteiger partial charge >= 0.3 is 0 Å². The summed E-state index contributed by atoms with van der Waals surface area (Å²) in [5, 5.41) is 0. The maximum absolute atomic E-state index is 13.7. The Morgan fingerprint density at radius 3 is 2.71 bits per heavy atom. The molecule has 0 aliphatic heterocycles. The lowest BCUT2D eigenvalue weighted by Crippen LogP contribution is -1.94. The zero-order valence-electron chi connectivity index (χ0n) is 9.21. The monoisotopic (exact) mass is 376 g/mol. The SMILES string of the molecule is CCc1ccc(C(Br)c2cc(Br)ccc2F)s1. The van der Waals surface area contributed by atoms with Crippen LogP contribution in [0.3, 0.4) is 0 Å². The second-order valence-electron chi connectivity index (χ2n) is 3.69. The minimum atomic E-state index is -0.179. The molecule has 90 valence electrons. The fourth-order valence-corrected chi connectivity index (χ4v) is 3.70. The van der Waals surface area contributed by atoms with E-state index in [-0.39, 0.29) is 10.6 Å². The van der Waals surface area contributed by atoms with E-state index in [1.807, 2.05) is 6.07 Å². The summed E-state index contributed by atoms with van der Waals surface area (Å²) >= 11 is 8.66. The Bertz CT molecular complexity index is 522. The zero-order valence-corrected chi connectivity index (χ0v) is 13.2. The average Bonchev–Trinajstić information content (AvgIpc) is 2.80. The van der Waals surface area contributed by atoms with E-state index in [2.05, 4.69) is 50.9 Å². The van der Waals surface area contributed by atoms with Crippen molar-refractivity contribution in [1.82, 2.24) is 0 Å². The molecule has 1 aromatic carbocycles. The largest absolute Gasteiger partial charge is 0.207 e. The van der Waals surface area contributed by atoms with Gasteiger partial charge in [-0.1, -0.05) is 38.8 Å². The Labute approximate surface area is 121 Å². The van der Waals surface area contributed by atoms with Crippen LogP contribution in [0.15, 0.2) is 34.8 Å². The maximum Gasteiger partial charge on any atom is 0.127 e. The second-order valence-corrected chi connectivity index (χ2v) is 6.72. The number of alkyl halides is 1. The van der Waals surface area contributed by atoms with Gasteiger partial charge in [0.25, 0.3) is 0 Å². The molecule has 0 aliphatic carbocycles.